The molecule has 2 heteroatoms. The molecular formula is C12H20N2. The Hall–Kier alpha value is -0.860. The fraction of sp³-hybridized carbons (Fsp3) is 0.500. The lowest BCUT2D eigenvalue weighted by Gasteiger charge is -2.18. The van der Waals surface area contributed by atoms with Crippen LogP contribution in [-0.4, -0.2) is 13.1 Å². The summed E-state index contributed by atoms with van der Waals surface area (Å²) < 4.78 is 0. The topological polar surface area (TPSA) is 38.0 Å². The Labute approximate surface area is 86.5 Å². The summed E-state index contributed by atoms with van der Waals surface area (Å²) in [6.45, 7) is 7.96. The van der Waals surface area contributed by atoms with Gasteiger partial charge < -0.3 is 11.1 Å². The summed E-state index contributed by atoms with van der Waals surface area (Å²) in [4.78, 5) is 0. The van der Waals surface area contributed by atoms with Crippen LogP contribution in [0.1, 0.15) is 29.7 Å². The van der Waals surface area contributed by atoms with E-state index in [1.807, 2.05) is 0 Å². The van der Waals surface area contributed by atoms with Gasteiger partial charge >= 0.3 is 0 Å². The molecule has 1 rings (SSSR count). The first-order valence-corrected chi connectivity index (χ1v) is 5.19. The van der Waals surface area contributed by atoms with Crippen LogP contribution in [0.15, 0.2) is 18.2 Å². The predicted octanol–water partition coefficient (Wildman–Crippen LogP) is 1.91. The fourth-order valence-electron chi connectivity index (χ4n) is 1.70. The quantitative estimate of drug-likeness (QED) is 0.765. The molecule has 78 valence electrons. The van der Waals surface area contributed by atoms with E-state index in [0.717, 1.165) is 6.54 Å². The molecule has 0 saturated carbocycles. The van der Waals surface area contributed by atoms with Crippen LogP contribution < -0.4 is 11.1 Å². The van der Waals surface area contributed by atoms with Gasteiger partial charge in [-0.3, -0.25) is 0 Å². The third-order valence-electron chi connectivity index (χ3n) is 2.50. The average molecular weight is 192 g/mol. The van der Waals surface area contributed by atoms with Crippen molar-refractivity contribution in [1.82, 2.24) is 5.32 Å². The zero-order valence-corrected chi connectivity index (χ0v) is 9.30. The Morgan fingerprint density at radius 1 is 1.36 bits per heavy atom. The molecule has 0 saturated heterocycles. The van der Waals surface area contributed by atoms with Gasteiger partial charge in [0.1, 0.15) is 0 Å². The van der Waals surface area contributed by atoms with Crippen molar-refractivity contribution < 1.29 is 0 Å². The molecule has 0 radical (unpaired) electrons. The maximum absolute atomic E-state index is 5.75. The second kappa shape index (κ2) is 5.13. The van der Waals surface area contributed by atoms with E-state index < -0.39 is 0 Å². The fourth-order valence-corrected chi connectivity index (χ4v) is 1.70. The van der Waals surface area contributed by atoms with Crippen molar-refractivity contribution in [2.24, 2.45) is 5.73 Å². The largest absolute Gasteiger partial charge is 0.329 e. The van der Waals surface area contributed by atoms with E-state index in [4.69, 9.17) is 5.73 Å². The summed E-state index contributed by atoms with van der Waals surface area (Å²) in [5.41, 5.74) is 9.68. The van der Waals surface area contributed by atoms with Crippen molar-refractivity contribution in [3.63, 3.8) is 0 Å². The van der Waals surface area contributed by atoms with Gasteiger partial charge in [-0.25, -0.2) is 0 Å². The molecule has 1 aromatic carbocycles. The van der Waals surface area contributed by atoms with Gasteiger partial charge in [0.05, 0.1) is 0 Å². The van der Waals surface area contributed by atoms with Crippen molar-refractivity contribution in [1.29, 1.82) is 0 Å². The molecule has 0 bridgehead atoms. The van der Waals surface area contributed by atoms with Crippen LogP contribution in [0, 0.1) is 13.8 Å². The van der Waals surface area contributed by atoms with Crippen molar-refractivity contribution in [3.8, 4) is 0 Å². The van der Waals surface area contributed by atoms with Crippen LogP contribution in [0.25, 0.3) is 0 Å². The molecule has 3 N–H and O–H groups in total. The number of aryl methyl sites for hydroxylation is 2. The lowest BCUT2D eigenvalue weighted by atomic mass is 9.99. The summed E-state index contributed by atoms with van der Waals surface area (Å²) in [7, 11) is 0. The van der Waals surface area contributed by atoms with Gasteiger partial charge in [-0.05, 0) is 31.5 Å². The molecule has 0 heterocycles. The number of nitrogens with one attached hydrogen (secondary N) is 1. The number of likely N-dealkylation sites (N-methyl/N-ethyl adjacent to an activating group) is 1. The Kier molecular flexibility index (Phi) is 4.11. The highest BCUT2D eigenvalue weighted by Gasteiger charge is 2.10. The monoisotopic (exact) mass is 192 g/mol. The van der Waals surface area contributed by atoms with E-state index in [-0.39, 0.29) is 0 Å². The number of benzene rings is 1. The third-order valence-corrected chi connectivity index (χ3v) is 2.50. The summed E-state index contributed by atoms with van der Waals surface area (Å²) in [6, 6.07) is 6.80. The first-order chi connectivity index (χ1) is 6.69. The highest BCUT2D eigenvalue weighted by molar-refractivity contribution is 5.33. The van der Waals surface area contributed by atoms with Gasteiger partial charge in [-0.1, -0.05) is 30.7 Å². The molecular weight excluding hydrogens is 172 g/mol. The van der Waals surface area contributed by atoms with Gasteiger partial charge in [0.15, 0.2) is 0 Å². The molecule has 0 aliphatic rings. The van der Waals surface area contributed by atoms with E-state index in [0.29, 0.717) is 12.6 Å². The molecule has 0 aromatic heterocycles. The van der Waals surface area contributed by atoms with Crippen molar-refractivity contribution in [3.05, 3.63) is 34.9 Å². The summed E-state index contributed by atoms with van der Waals surface area (Å²) in [5, 5.41) is 3.39. The van der Waals surface area contributed by atoms with Crippen LogP contribution >= 0.6 is 0 Å². The van der Waals surface area contributed by atoms with E-state index in [9.17, 15) is 0 Å². The maximum Gasteiger partial charge on any atom is 0.0447 e. The maximum atomic E-state index is 5.75. The standard InChI is InChI=1S/C12H20N2/c1-4-14-12(8-13)11-7-9(2)5-6-10(11)3/h5-7,12,14H,4,8,13H2,1-3H3. The van der Waals surface area contributed by atoms with E-state index in [1.54, 1.807) is 0 Å². The molecule has 0 spiro atoms. The van der Waals surface area contributed by atoms with Crippen LogP contribution in [0.4, 0.5) is 0 Å². The van der Waals surface area contributed by atoms with Gasteiger partial charge in [-0.15, -0.1) is 0 Å². The molecule has 0 aliphatic carbocycles. The number of nitrogens with two attached hydrogens (primary N) is 1. The predicted molar refractivity (Wildman–Crippen MR) is 61.4 cm³/mol. The van der Waals surface area contributed by atoms with Gasteiger partial charge in [0.25, 0.3) is 0 Å². The summed E-state index contributed by atoms with van der Waals surface area (Å²) >= 11 is 0. The molecule has 1 unspecified atom stereocenters. The average Bonchev–Trinajstić information content (AvgIpc) is 2.18. The van der Waals surface area contributed by atoms with Crippen molar-refractivity contribution >= 4 is 0 Å². The van der Waals surface area contributed by atoms with Crippen molar-refractivity contribution in [2.75, 3.05) is 13.1 Å². The molecule has 14 heavy (non-hydrogen) atoms. The summed E-state index contributed by atoms with van der Waals surface area (Å²) in [5.74, 6) is 0. The van der Waals surface area contributed by atoms with E-state index in [2.05, 4.69) is 44.3 Å². The second-order valence-corrected chi connectivity index (χ2v) is 3.71. The normalized spacial score (nSPS) is 12.9. The highest BCUT2D eigenvalue weighted by Crippen LogP contribution is 2.18. The van der Waals surface area contributed by atoms with E-state index in [1.165, 1.54) is 16.7 Å². The van der Waals surface area contributed by atoms with E-state index >= 15 is 0 Å². The minimum absolute atomic E-state index is 0.292. The minimum Gasteiger partial charge on any atom is -0.329 e. The number of hydrogen-bond acceptors (Lipinski definition) is 2. The highest BCUT2D eigenvalue weighted by atomic mass is 14.9. The van der Waals surface area contributed by atoms with Crippen LogP contribution in [-0.2, 0) is 0 Å². The van der Waals surface area contributed by atoms with Gasteiger partial charge in [-0.2, -0.15) is 0 Å². The Morgan fingerprint density at radius 3 is 2.64 bits per heavy atom. The molecule has 0 amide bonds. The van der Waals surface area contributed by atoms with Crippen molar-refractivity contribution in [2.45, 2.75) is 26.8 Å². The molecule has 2 nitrogen and oxygen atoms in total. The zero-order chi connectivity index (χ0) is 10.6. The van der Waals surface area contributed by atoms with Gasteiger partial charge in [0, 0.05) is 12.6 Å². The molecule has 0 fully saturated rings. The third kappa shape index (κ3) is 2.56. The van der Waals surface area contributed by atoms with Crippen LogP contribution in [0.2, 0.25) is 0 Å². The Morgan fingerprint density at radius 2 is 2.07 bits per heavy atom. The Balaban J connectivity index is 2.96. The first-order valence-electron chi connectivity index (χ1n) is 5.19. The summed E-state index contributed by atoms with van der Waals surface area (Å²) in [6.07, 6.45) is 0. The number of hydrogen-bond donors (Lipinski definition) is 2. The lowest BCUT2D eigenvalue weighted by Crippen LogP contribution is -2.28. The van der Waals surface area contributed by atoms with Crippen LogP contribution in [0.3, 0.4) is 0 Å². The second-order valence-electron chi connectivity index (χ2n) is 3.71. The van der Waals surface area contributed by atoms with Crippen LogP contribution in [0.5, 0.6) is 0 Å². The SMILES string of the molecule is CCNC(CN)c1cc(C)ccc1C. The Bertz CT molecular complexity index is 294. The lowest BCUT2D eigenvalue weighted by molar-refractivity contribution is 0.559. The number of rotatable bonds is 4. The van der Waals surface area contributed by atoms with Gasteiger partial charge in [0.2, 0.25) is 0 Å². The smallest absolute Gasteiger partial charge is 0.0447 e. The zero-order valence-electron chi connectivity index (χ0n) is 9.30. The molecule has 1 aromatic rings. The minimum atomic E-state index is 0.292. The molecule has 1 atom stereocenters. The first kappa shape index (κ1) is 11.2. The molecule has 0 aliphatic heterocycles.